The molecule has 0 atom stereocenters. The number of aryl methyl sites for hydroxylation is 1. The summed E-state index contributed by atoms with van der Waals surface area (Å²) in [6.07, 6.45) is 0. The second-order valence-electron chi connectivity index (χ2n) is 6.85. The Morgan fingerprint density at radius 3 is 2.31 bits per heavy atom. The normalized spacial score (nSPS) is 11.0. The molecule has 2 N–H and O–H groups in total. The van der Waals surface area contributed by atoms with Gasteiger partial charge in [-0.05, 0) is 30.7 Å². The minimum atomic E-state index is -0.503. The van der Waals surface area contributed by atoms with Crippen molar-refractivity contribution in [1.29, 1.82) is 0 Å². The van der Waals surface area contributed by atoms with E-state index in [4.69, 9.17) is 9.47 Å². The molecule has 7 heteroatoms. The molecule has 140 valence electrons. The van der Waals surface area contributed by atoms with E-state index in [9.17, 15) is 9.59 Å². The van der Waals surface area contributed by atoms with E-state index in [0.29, 0.717) is 27.1 Å². The number of methoxy groups -OCH3 is 2. The summed E-state index contributed by atoms with van der Waals surface area (Å²) in [4.78, 5) is 25.3. The first-order valence-electron chi connectivity index (χ1n) is 8.11. The van der Waals surface area contributed by atoms with Gasteiger partial charge in [-0.25, -0.2) is 0 Å². The van der Waals surface area contributed by atoms with Gasteiger partial charge in [0.1, 0.15) is 11.5 Å². The van der Waals surface area contributed by atoms with E-state index in [-0.39, 0.29) is 11.8 Å². The van der Waals surface area contributed by atoms with E-state index >= 15 is 0 Å². The highest BCUT2D eigenvalue weighted by molar-refractivity contribution is 7.18. The van der Waals surface area contributed by atoms with Crippen LogP contribution in [0.5, 0.6) is 11.5 Å². The van der Waals surface area contributed by atoms with Crippen LogP contribution in [-0.4, -0.2) is 26.0 Å². The van der Waals surface area contributed by atoms with Crippen molar-refractivity contribution in [2.45, 2.75) is 27.7 Å². The van der Waals surface area contributed by atoms with E-state index in [1.165, 1.54) is 18.4 Å². The molecule has 0 saturated carbocycles. The standard InChI is InChI=1S/C19H24N2O4S/c1-11-9-15(21-18(23)19(2,3)4)26-16(11)17(22)20-13-8-7-12(24-5)10-14(13)25-6/h7-10H,1-6H3,(H,20,22)(H,21,23). The summed E-state index contributed by atoms with van der Waals surface area (Å²) in [6, 6.07) is 6.97. The Hall–Kier alpha value is -2.54. The molecule has 2 aromatic rings. The van der Waals surface area contributed by atoms with Crippen molar-refractivity contribution in [3.63, 3.8) is 0 Å². The van der Waals surface area contributed by atoms with Gasteiger partial charge in [0.15, 0.2) is 0 Å². The number of anilines is 2. The average Bonchev–Trinajstić information content (AvgIpc) is 2.94. The molecule has 0 radical (unpaired) electrons. The molecule has 0 unspecified atom stereocenters. The van der Waals surface area contributed by atoms with Crippen LogP contribution in [0.2, 0.25) is 0 Å². The number of hydrogen-bond donors (Lipinski definition) is 2. The maximum absolute atomic E-state index is 12.7. The molecule has 2 amide bonds. The molecule has 0 saturated heterocycles. The summed E-state index contributed by atoms with van der Waals surface area (Å²) in [5.41, 5.74) is 0.840. The van der Waals surface area contributed by atoms with Crippen LogP contribution >= 0.6 is 11.3 Å². The average molecular weight is 376 g/mol. The van der Waals surface area contributed by atoms with Crippen molar-refractivity contribution in [2.24, 2.45) is 5.41 Å². The molecule has 6 nitrogen and oxygen atoms in total. The van der Waals surface area contributed by atoms with Gasteiger partial charge in [0.25, 0.3) is 5.91 Å². The van der Waals surface area contributed by atoms with E-state index in [2.05, 4.69) is 10.6 Å². The summed E-state index contributed by atoms with van der Waals surface area (Å²) >= 11 is 1.24. The van der Waals surface area contributed by atoms with Gasteiger partial charge in [0.2, 0.25) is 5.91 Å². The van der Waals surface area contributed by atoms with Crippen LogP contribution in [0, 0.1) is 12.3 Å². The van der Waals surface area contributed by atoms with Crippen LogP contribution < -0.4 is 20.1 Å². The minimum Gasteiger partial charge on any atom is -0.497 e. The molecule has 0 spiro atoms. The predicted octanol–water partition coefficient (Wildman–Crippen LogP) is 4.31. The quantitative estimate of drug-likeness (QED) is 0.815. The first kappa shape index (κ1) is 19.8. The number of rotatable bonds is 5. The van der Waals surface area contributed by atoms with E-state index < -0.39 is 5.41 Å². The van der Waals surface area contributed by atoms with Crippen molar-refractivity contribution >= 4 is 33.8 Å². The van der Waals surface area contributed by atoms with Gasteiger partial charge in [-0.3, -0.25) is 9.59 Å². The third-order valence-corrected chi connectivity index (χ3v) is 4.85. The largest absolute Gasteiger partial charge is 0.497 e. The summed E-state index contributed by atoms with van der Waals surface area (Å²) in [5.74, 6) is 0.794. The number of nitrogens with one attached hydrogen (secondary N) is 2. The maximum Gasteiger partial charge on any atom is 0.266 e. The van der Waals surface area contributed by atoms with Crippen LogP contribution in [0.25, 0.3) is 0 Å². The Morgan fingerprint density at radius 1 is 1.04 bits per heavy atom. The predicted molar refractivity (Wildman–Crippen MR) is 105 cm³/mol. The zero-order chi connectivity index (χ0) is 19.5. The third kappa shape index (κ3) is 4.54. The van der Waals surface area contributed by atoms with Gasteiger partial charge in [-0.2, -0.15) is 0 Å². The van der Waals surface area contributed by atoms with Crippen molar-refractivity contribution < 1.29 is 19.1 Å². The van der Waals surface area contributed by atoms with E-state index in [1.807, 2.05) is 27.7 Å². The van der Waals surface area contributed by atoms with Gasteiger partial charge in [-0.15, -0.1) is 11.3 Å². The Labute approximate surface area is 157 Å². The fourth-order valence-corrected chi connectivity index (χ4v) is 3.11. The molecular formula is C19H24N2O4S. The zero-order valence-corrected chi connectivity index (χ0v) is 16.7. The number of amides is 2. The molecule has 1 aromatic carbocycles. The molecule has 0 aliphatic carbocycles. The number of thiophene rings is 1. The summed E-state index contributed by atoms with van der Waals surface area (Å²) in [7, 11) is 3.09. The highest BCUT2D eigenvalue weighted by atomic mass is 32.1. The van der Waals surface area contributed by atoms with E-state index in [0.717, 1.165) is 5.56 Å². The third-order valence-electron chi connectivity index (χ3n) is 3.70. The van der Waals surface area contributed by atoms with Crippen LogP contribution in [-0.2, 0) is 4.79 Å². The lowest BCUT2D eigenvalue weighted by Gasteiger charge is -2.16. The lowest BCUT2D eigenvalue weighted by Crippen LogP contribution is -2.27. The van der Waals surface area contributed by atoms with Crippen LogP contribution in [0.4, 0.5) is 10.7 Å². The number of benzene rings is 1. The second-order valence-corrected chi connectivity index (χ2v) is 7.90. The number of hydrogen-bond acceptors (Lipinski definition) is 5. The first-order valence-corrected chi connectivity index (χ1v) is 8.92. The fraction of sp³-hybridized carbons (Fsp3) is 0.368. The molecule has 1 heterocycles. The highest BCUT2D eigenvalue weighted by Crippen LogP contribution is 2.32. The van der Waals surface area contributed by atoms with Crippen LogP contribution in [0.3, 0.4) is 0 Å². The lowest BCUT2D eigenvalue weighted by atomic mass is 9.96. The molecular weight excluding hydrogens is 352 g/mol. The highest BCUT2D eigenvalue weighted by Gasteiger charge is 2.23. The maximum atomic E-state index is 12.7. The summed E-state index contributed by atoms with van der Waals surface area (Å²) in [6.45, 7) is 7.36. The Bertz CT molecular complexity index is 821. The monoisotopic (exact) mass is 376 g/mol. The van der Waals surface area contributed by atoms with Crippen molar-refractivity contribution in [1.82, 2.24) is 0 Å². The molecule has 0 aliphatic heterocycles. The summed E-state index contributed by atoms with van der Waals surface area (Å²) < 4.78 is 10.5. The molecule has 0 aliphatic rings. The second kappa shape index (κ2) is 7.78. The van der Waals surface area contributed by atoms with Gasteiger partial charge in [0.05, 0.1) is 29.8 Å². The summed E-state index contributed by atoms with van der Waals surface area (Å²) in [5, 5.41) is 6.35. The number of carbonyl (C=O) groups excluding carboxylic acids is 2. The van der Waals surface area contributed by atoms with Crippen molar-refractivity contribution in [3.8, 4) is 11.5 Å². The minimum absolute atomic E-state index is 0.0949. The van der Waals surface area contributed by atoms with Gasteiger partial charge in [-0.1, -0.05) is 20.8 Å². The van der Waals surface area contributed by atoms with Gasteiger partial charge < -0.3 is 20.1 Å². The topological polar surface area (TPSA) is 76.7 Å². The first-order chi connectivity index (χ1) is 12.2. The van der Waals surface area contributed by atoms with Crippen LogP contribution in [0.1, 0.15) is 36.0 Å². The zero-order valence-electron chi connectivity index (χ0n) is 15.9. The number of ether oxygens (including phenoxy) is 2. The molecule has 2 rings (SSSR count). The lowest BCUT2D eigenvalue weighted by molar-refractivity contribution is -0.123. The smallest absolute Gasteiger partial charge is 0.266 e. The molecule has 0 bridgehead atoms. The Kier molecular flexibility index (Phi) is 5.92. The molecule has 0 fully saturated rings. The Balaban J connectivity index is 2.19. The van der Waals surface area contributed by atoms with Gasteiger partial charge in [0, 0.05) is 11.5 Å². The fourth-order valence-electron chi connectivity index (χ4n) is 2.15. The van der Waals surface area contributed by atoms with Crippen molar-refractivity contribution in [3.05, 3.63) is 34.7 Å². The van der Waals surface area contributed by atoms with E-state index in [1.54, 1.807) is 31.4 Å². The van der Waals surface area contributed by atoms with Crippen LogP contribution in [0.15, 0.2) is 24.3 Å². The Morgan fingerprint density at radius 2 is 1.73 bits per heavy atom. The molecule has 26 heavy (non-hydrogen) atoms. The molecule has 1 aromatic heterocycles. The number of carbonyl (C=O) groups is 2. The van der Waals surface area contributed by atoms with Crippen molar-refractivity contribution in [2.75, 3.05) is 24.9 Å². The van der Waals surface area contributed by atoms with Gasteiger partial charge >= 0.3 is 0 Å². The SMILES string of the molecule is COc1ccc(NC(=O)c2sc(NC(=O)C(C)(C)C)cc2C)c(OC)c1.